The van der Waals surface area contributed by atoms with Crippen LogP contribution in [0.3, 0.4) is 0 Å². The maximum Gasteiger partial charge on any atom is 0.180 e. The van der Waals surface area contributed by atoms with Gasteiger partial charge in [0.1, 0.15) is 0 Å². The zero-order valence-corrected chi connectivity index (χ0v) is 12.3. The molecule has 1 unspecified atom stereocenters. The predicted molar refractivity (Wildman–Crippen MR) is 76.2 cm³/mol. The normalized spacial score (nSPS) is 19.8. The Labute approximate surface area is 123 Å². The summed E-state index contributed by atoms with van der Waals surface area (Å²) in [6.45, 7) is 1.28. The topological polar surface area (TPSA) is 111 Å². The number of nitrogens with two attached hydrogens (primary N) is 1. The van der Waals surface area contributed by atoms with Crippen molar-refractivity contribution in [2.75, 3.05) is 25.6 Å². The van der Waals surface area contributed by atoms with E-state index in [4.69, 9.17) is 20.4 Å². The number of hydrogen-bond acceptors (Lipinski definition) is 6. The molecule has 1 aliphatic rings. The standard InChI is InChI=1S/C13H18N2O5S/c14-13(15-16)10-2-1-3-12(8-10)21(17,18)7-6-20-11-4-5-19-9-11/h1-3,8,11,16H,4-7,9H2,(H2,14,15). The fraction of sp³-hybridized carbons (Fsp3) is 0.462. The minimum Gasteiger partial charge on any atom is -0.409 e. The monoisotopic (exact) mass is 314 g/mol. The molecular formula is C13H18N2O5S. The van der Waals surface area contributed by atoms with Gasteiger partial charge in [0.05, 0.1) is 30.0 Å². The number of hydrogen-bond donors (Lipinski definition) is 2. The zero-order valence-electron chi connectivity index (χ0n) is 11.4. The summed E-state index contributed by atoms with van der Waals surface area (Å²) in [6, 6.07) is 5.97. The maximum atomic E-state index is 12.2. The van der Waals surface area contributed by atoms with Crippen molar-refractivity contribution in [1.82, 2.24) is 0 Å². The molecule has 1 saturated heterocycles. The summed E-state index contributed by atoms with van der Waals surface area (Å²) in [5.74, 6) is -0.255. The molecular weight excluding hydrogens is 296 g/mol. The van der Waals surface area contributed by atoms with Gasteiger partial charge in [-0.2, -0.15) is 0 Å². The van der Waals surface area contributed by atoms with E-state index < -0.39 is 9.84 Å². The third kappa shape index (κ3) is 4.16. The predicted octanol–water partition coefficient (Wildman–Crippen LogP) is 0.360. The molecule has 0 aromatic heterocycles. The van der Waals surface area contributed by atoms with Crippen LogP contribution in [0.1, 0.15) is 12.0 Å². The lowest BCUT2D eigenvalue weighted by Crippen LogP contribution is -2.19. The highest BCUT2D eigenvalue weighted by molar-refractivity contribution is 7.91. The number of rotatable bonds is 6. The lowest BCUT2D eigenvalue weighted by Gasteiger charge is -2.10. The Morgan fingerprint density at radius 2 is 2.33 bits per heavy atom. The summed E-state index contributed by atoms with van der Waals surface area (Å²) in [7, 11) is -3.47. The smallest absolute Gasteiger partial charge is 0.180 e. The molecule has 3 N–H and O–H groups in total. The largest absolute Gasteiger partial charge is 0.409 e. The number of ether oxygens (including phenoxy) is 2. The third-order valence-electron chi connectivity index (χ3n) is 3.19. The van der Waals surface area contributed by atoms with E-state index in [1.54, 1.807) is 12.1 Å². The van der Waals surface area contributed by atoms with Crippen LogP contribution in [0, 0.1) is 0 Å². The molecule has 8 heteroatoms. The highest BCUT2D eigenvalue weighted by Crippen LogP contribution is 2.14. The number of oxime groups is 1. The van der Waals surface area contributed by atoms with Crippen LogP contribution < -0.4 is 5.73 Å². The van der Waals surface area contributed by atoms with Gasteiger partial charge in [0, 0.05) is 12.2 Å². The Kier molecular flexibility index (Phi) is 5.16. The first kappa shape index (κ1) is 15.7. The number of nitrogens with zero attached hydrogens (tertiary/aromatic N) is 1. The molecule has 1 atom stereocenters. The van der Waals surface area contributed by atoms with Crippen molar-refractivity contribution in [1.29, 1.82) is 0 Å². The first-order valence-corrected chi connectivity index (χ1v) is 8.18. The first-order chi connectivity index (χ1) is 10.0. The molecule has 1 aromatic rings. The van der Waals surface area contributed by atoms with E-state index in [9.17, 15) is 8.42 Å². The van der Waals surface area contributed by atoms with Gasteiger partial charge < -0.3 is 20.4 Å². The van der Waals surface area contributed by atoms with E-state index in [-0.39, 0.29) is 29.2 Å². The van der Waals surface area contributed by atoms with Crippen LogP contribution in [-0.2, 0) is 19.3 Å². The first-order valence-electron chi connectivity index (χ1n) is 6.53. The summed E-state index contributed by atoms with van der Waals surface area (Å²) >= 11 is 0. The van der Waals surface area contributed by atoms with E-state index in [1.807, 2.05) is 0 Å². The Bertz CT molecular complexity index is 609. The van der Waals surface area contributed by atoms with Gasteiger partial charge >= 0.3 is 0 Å². The van der Waals surface area contributed by atoms with Crippen molar-refractivity contribution in [3.05, 3.63) is 29.8 Å². The van der Waals surface area contributed by atoms with Gasteiger partial charge in [-0.1, -0.05) is 17.3 Å². The number of amidine groups is 1. The van der Waals surface area contributed by atoms with Gasteiger partial charge in [-0.15, -0.1) is 0 Å². The van der Waals surface area contributed by atoms with Gasteiger partial charge in [-0.25, -0.2) is 8.42 Å². The summed E-state index contributed by atoms with van der Waals surface area (Å²) in [4.78, 5) is 0.123. The number of sulfone groups is 1. The Balaban J connectivity index is 2.01. The lowest BCUT2D eigenvalue weighted by atomic mass is 10.2. The van der Waals surface area contributed by atoms with Crippen LogP contribution in [0.4, 0.5) is 0 Å². The molecule has 116 valence electrons. The average Bonchev–Trinajstić information content (AvgIpc) is 2.99. The van der Waals surface area contributed by atoms with E-state index in [2.05, 4.69) is 5.16 Å². The highest BCUT2D eigenvalue weighted by atomic mass is 32.2. The van der Waals surface area contributed by atoms with Gasteiger partial charge in [-0.3, -0.25) is 0 Å². The van der Waals surface area contributed by atoms with Crippen LogP contribution >= 0.6 is 0 Å². The molecule has 0 saturated carbocycles. The number of benzene rings is 1. The second-order valence-corrected chi connectivity index (χ2v) is 6.80. The molecule has 7 nitrogen and oxygen atoms in total. The molecule has 1 aliphatic heterocycles. The fourth-order valence-corrected chi connectivity index (χ4v) is 3.14. The van der Waals surface area contributed by atoms with Gasteiger partial charge in [0.15, 0.2) is 15.7 Å². The van der Waals surface area contributed by atoms with Crippen molar-refractivity contribution in [3.63, 3.8) is 0 Å². The Morgan fingerprint density at radius 1 is 1.52 bits per heavy atom. The fourth-order valence-electron chi connectivity index (χ4n) is 1.99. The molecule has 0 bridgehead atoms. The van der Waals surface area contributed by atoms with Crippen molar-refractivity contribution < 1.29 is 23.1 Å². The van der Waals surface area contributed by atoms with Crippen molar-refractivity contribution in [3.8, 4) is 0 Å². The maximum absolute atomic E-state index is 12.2. The highest BCUT2D eigenvalue weighted by Gasteiger charge is 2.19. The van der Waals surface area contributed by atoms with Gasteiger partial charge in [0.25, 0.3) is 0 Å². The molecule has 1 heterocycles. The van der Waals surface area contributed by atoms with Crippen LogP contribution in [-0.4, -0.2) is 51.1 Å². The van der Waals surface area contributed by atoms with Crippen molar-refractivity contribution in [2.45, 2.75) is 17.4 Å². The summed E-state index contributed by atoms with van der Waals surface area (Å²) < 4.78 is 35.0. The van der Waals surface area contributed by atoms with Crippen LogP contribution in [0.5, 0.6) is 0 Å². The van der Waals surface area contributed by atoms with Gasteiger partial charge in [-0.05, 0) is 18.6 Å². The van der Waals surface area contributed by atoms with E-state index in [0.717, 1.165) is 6.42 Å². The third-order valence-corrected chi connectivity index (χ3v) is 4.87. The van der Waals surface area contributed by atoms with Crippen LogP contribution in [0.2, 0.25) is 0 Å². The quantitative estimate of drug-likeness (QED) is 0.339. The molecule has 0 aliphatic carbocycles. The molecule has 21 heavy (non-hydrogen) atoms. The SMILES string of the molecule is N/C(=N/O)c1cccc(S(=O)(=O)CCOC2CCOC2)c1. The Hall–Kier alpha value is -1.64. The molecule has 1 aromatic carbocycles. The Morgan fingerprint density at radius 3 is 3.00 bits per heavy atom. The molecule has 1 fully saturated rings. The lowest BCUT2D eigenvalue weighted by molar-refractivity contribution is 0.0520. The average molecular weight is 314 g/mol. The second-order valence-electron chi connectivity index (χ2n) is 4.69. The minimum absolute atomic E-state index is 0.0244. The summed E-state index contributed by atoms with van der Waals surface area (Å²) in [5, 5.41) is 11.5. The zero-order chi connectivity index (χ0) is 15.3. The summed E-state index contributed by atoms with van der Waals surface area (Å²) in [6.07, 6.45) is 0.766. The van der Waals surface area contributed by atoms with Gasteiger partial charge in [0.2, 0.25) is 0 Å². The summed E-state index contributed by atoms with van der Waals surface area (Å²) in [5.41, 5.74) is 5.81. The second kappa shape index (κ2) is 6.88. The van der Waals surface area contributed by atoms with E-state index >= 15 is 0 Å². The molecule has 0 amide bonds. The van der Waals surface area contributed by atoms with Crippen LogP contribution in [0.25, 0.3) is 0 Å². The van der Waals surface area contributed by atoms with Crippen molar-refractivity contribution >= 4 is 15.7 Å². The minimum atomic E-state index is -3.47. The van der Waals surface area contributed by atoms with Crippen LogP contribution in [0.15, 0.2) is 34.3 Å². The molecule has 2 rings (SSSR count). The molecule has 0 spiro atoms. The van der Waals surface area contributed by atoms with E-state index in [0.29, 0.717) is 18.8 Å². The van der Waals surface area contributed by atoms with E-state index in [1.165, 1.54) is 12.1 Å². The van der Waals surface area contributed by atoms with Crippen molar-refractivity contribution in [2.24, 2.45) is 10.9 Å². The molecule has 0 radical (unpaired) electrons.